The van der Waals surface area contributed by atoms with Crippen LogP contribution in [0.1, 0.15) is 31.4 Å². The van der Waals surface area contributed by atoms with Crippen LogP contribution in [0.4, 0.5) is 21.9 Å². The quantitative estimate of drug-likeness (QED) is 0.269. The molecule has 4 rings (SSSR count). The van der Waals surface area contributed by atoms with Gasteiger partial charge in [0.1, 0.15) is 0 Å². The molecule has 40 heavy (non-hydrogen) atoms. The van der Waals surface area contributed by atoms with Crippen molar-refractivity contribution in [3.8, 4) is 0 Å². The van der Waals surface area contributed by atoms with Crippen LogP contribution in [-0.4, -0.2) is 43.9 Å². The second kappa shape index (κ2) is 13.0. The molecule has 3 aromatic rings. The van der Waals surface area contributed by atoms with Crippen LogP contribution in [0.2, 0.25) is 5.02 Å². The first kappa shape index (κ1) is 29.1. The molecule has 3 aromatic carbocycles. The molecule has 1 aliphatic heterocycles. The number of halogens is 1. The molecule has 9 nitrogen and oxygen atoms in total. The van der Waals surface area contributed by atoms with E-state index in [9.17, 15) is 14.4 Å². The maximum Gasteiger partial charge on any atom is 0.320 e. The van der Waals surface area contributed by atoms with E-state index in [-0.39, 0.29) is 13.0 Å². The van der Waals surface area contributed by atoms with Crippen molar-refractivity contribution in [2.24, 2.45) is 0 Å². The van der Waals surface area contributed by atoms with Gasteiger partial charge in [0.2, 0.25) is 5.91 Å². The van der Waals surface area contributed by atoms with Crippen molar-refractivity contribution < 1.29 is 23.9 Å². The first-order chi connectivity index (χ1) is 19.3. The van der Waals surface area contributed by atoms with Gasteiger partial charge in [-0.05, 0) is 57.2 Å². The number of ether oxygens (including phenoxy) is 2. The number of para-hydroxylation sites is 1. The SMILES string of the molecule is CCOC(CN1C(=O)[C@@](CC(=O)Nc2ccc(C)cc2)(NC(=O)Nc2cccc(Cl)c2)c2ccccc21)OCC. The molecule has 0 saturated heterocycles. The molecule has 0 spiro atoms. The fourth-order valence-corrected chi connectivity index (χ4v) is 4.91. The fourth-order valence-electron chi connectivity index (χ4n) is 4.72. The van der Waals surface area contributed by atoms with Gasteiger partial charge in [-0.25, -0.2) is 4.79 Å². The first-order valence-electron chi connectivity index (χ1n) is 13.1. The zero-order chi connectivity index (χ0) is 28.7. The Morgan fingerprint density at radius 1 is 0.925 bits per heavy atom. The van der Waals surface area contributed by atoms with E-state index < -0.39 is 29.7 Å². The van der Waals surface area contributed by atoms with Crippen LogP contribution in [0.3, 0.4) is 0 Å². The molecule has 1 aliphatic rings. The summed E-state index contributed by atoms with van der Waals surface area (Å²) in [6, 6.07) is 20.4. The molecule has 4 amide bonds. The Morgan fingerprint density at radius 3 is 2.30 bits per heavy atom. The van der Waals surface area contributed by atoms with E-state index in [2.05, 4.69) is 16.0 Å². The van der Waals surface area contributed by atoms with Gasteiger partial charge in [0, 0.05) is 35.2 Å². The van der Waals surface area contributed by atoms with E-state index in [1.807, 2.05) is 32.9 Å². The maximum atomic E-state index is 14.3. The van der Waals surface area contributed by atoms with Crippen LogP contribution in [0.25, 0.3) is 0 Å². The number of aryl methyl sites for hydroxylation is 1. The van der Waals surface area contributed by atoms with Gasteiger partial charge in [-0.2, -0.15) is 0 Å². The molecule has 0 fully saturated rings. The number of fused-ring (bicyclic) bond motifs is 1. The molecule has 3 N–H and O–H groups in total. The number of anilines is 3. The van der Waals surface area contributed by atoms with Gasteiger partial charge in [-0.3, -0.25) is 9.59 Å². The lowest BCUT2D eigenvalue weighted by Crippen LogP contribution is -2.56. The molecule has 0 unspecified atom stereocenters. The summed E-state index contributed by atoms with van der Waals surface area (Å²) in [5.41, 5.74) is 1.42. The van der Waals surface area contributed by atoms with Gasteiger partial charge in [-0.15, -0.1) is 0 Å². The van der Waals surface area contributed by atoms with Gasteiger partial charge in [-0.1, -0.05) is 53.6 Å². The van der Waals surface area contributed by atoms with Crippen LogP contribution in [0.15, 0.2) is 72.8 Å². The predicted molar refractivity (Wildman–Crippen MR) is 156 cm³/mol. The normalized spacial score (nSPS) is 16.1. The third-order valence-corrected chi connectivity index (χ3v) is 6.71. The van der Waals surface area contributed by atoms with Crippen LogP contribution in [-0.2, 0) is 24.6 Å². The molecule has 0 aliphatic carbocycles. The summed E-state index contributed by atoms with van der Waals surface area (Å²) >= 11 is 6.08. The standard InChI is InChI=1S/C30H33ClN4O5/c1-4-39-27(40-5-2)19-35-25-12-7-6-11-24(25)30(28(35)37,18-26(36)32-22-15-13-20(3)14-16-22)34-29(38)33-23-10-8-9-21(31)17-23/h6-17,27H,4-5,18-19H2,1-3H3,(H,32,36)(H2,33,34,38)/t30-/m0/s1. The zero-order valence-electron chi connectivity index (χ0n) is 22.7. The molecular weight excluding hydrogens is 532 g/mol. The Morgan fingerprint density at radius 2 is 1.62 bits per heavy atom. The van der Waals surface area contributed by atoms with Crippen LogP contribution >= 0.6 is 11.6 Å². The van der Waals surface area contributed by atoms with Gasteiger partial charge >= 0.3 is 6.03 Å². The number of carbonyl (C=O) groups excluding carboxylic acids is 3. The number of nitrogens with zero attached hydrogens (tertiary/aromatic N) is 1. The Labute approximate surface area is 238 Å². The minimum atomic E-state index is -1.70. The average Bonchev–Trinajstić information content (AvgIpc) is 3.13. The second-order valence-corrected chi connectivity index (χ2v) is 9.80. The van der Waals surface area contributed by atoms with Gasteiger partial charge in [0.25, 0.3) is 5.91 Å². The molecular formula is C30H33ClN4O5. The highest BCUT2D eigenvalue weighted by molar-refractivity contribution is 6.30. The van der Waals surface area contributed by atoms with Gasteiger partial charge in [0.05, 0.1) is 18.7 Å². The van der Waals surface area contributed by atoms with Crippen molar-refractivity contribution in [3.05, 3.63) is 88.9 Å². The Bertz CT molecular complexity index is 1360. The first-order valence-corrected chi connectivity index (χ1v) is 13.5. The third kappa shape index (κ3) is 6.62. The number of benzene rings is 3. The molecule has 210 valence electrons. The Balaban J connectivity index is 1.69. The largest absolute Gasteiger partial charge is 0.351 e. The van der Waals surface area contributed by atoms with Gasteiger partial charge in [0.15, 0.2) is 11.8 Å². The van der Waals surface area contributed by atoms with E-state index >= 15 is 0 Å². The van der Waals surface area contributed by atoms with Gasteiger partial charge < -0.3 is 30.3 Å². The second-order valence-electron chi connectivity index (χ2n) is 9.36. The average molecular weight is 565 g/mol. The van der Waals surface area contributed by atoms with E-state index in [1.165, 1.54) is 4.90 Å². The summed E-state index contributed by atoms with van der Waals surface area (Å²) < 4.78 is 11.4. The summed E-state index contributed by atoms with van der Waals surface area (Å²) in [6.45, 7) is 6.48. The molecule has 0 bridgehead atoms. The van der Waals surface area contributed by atoms with E-state index in [0.717, 1.165) is 5.56 Å². The Hall–Kier alpha value is -3.92. The lowest BCUT2D eigenvalue weighted by molar-refractivity contribution is -0.138. The Kier molecular flexibility index (Phi) is 9.42. The number of rotatable bonds is 11. The molecule has 10 heteroatoms. The van der Waals surface area contributed by atoms with E-state index in [4.69, 9.17) is 21.1 Å². The topological polar surface area (TPSA) is 109 Å². The number of urea groups is 1. The molecule has 0 radical (unpaired) electrons. The third-order valence-electron chi connectivity index (χ3n) is 6.47. The number of hydrogen-bond donors (Lipinski definition) is 3. The molecule has 1 atom stereocenters. The predicted octanol–water partition coefficient (Wildman–Crippen LogP) is 5.44. The molecule has 1 heterocycles. The summed E-state index contributed by atoms with van der Waals surface area (Å²) in [5.74, 6) is -0.915. The fraction of sp³-hybridized carbons (Fsp3) is 0.300. The molecule has 0 saturated carbocycles. The lowest BCUT2D eigenvalue weighted by atomic mass is 9.87. The van der Waals surface area contributed by atoms with E-state index in [0.29, 0.717) is 40.9 Å². The number of hydrogen-bond acceptors (Lipinski definition) is 5. The van der Waals surface area contributed by atoms with E-state index in [1.54, 1.807) is 60.7 Å². The number of nitrogens with one attached hydrogen (secondary N) is 3. The highest BCUT2D eigenvalue weighted by Gasteiger charge is 2.53. The van der Waals surface area contributed by atoms with Crippen molar-refractivity contribution in [2.45, 2.75) is 39.0 Å². The van der Waals surface area contributed by atoms with Crippen LogP contribution in [0.5, 0.6) is 0 Å². The maximum absolute atomic E-state index is 14.3. The number of amides is 4. The lowest BCUT2D eigenvalue weighted by Gasteiger charge is -2.30. The summed E-state index contributed by atoms with van der Waals surface area (Å²) in [6.07, 6.45) is -1.03. The minimum absolute atomic E-state index is 0.0798. The summed E-state index contributed by atoms with van der Waals surface area (Å²) in [7, 11) is 0. The molecule has 0 aromatic heterocycles. The van der Waals surface area contributed by atoms with Crippen molar-refractivity contribution in [3.63, 3.8) is 0 Å². The van der Waals surface area contributed by atoms with Crippen LogP contribution < -0.4 is 20.9 Å². The summed E-state index contributed by atoms with van der Waals surface area (Å²) in [5, 5.41) is 8.85. The number of carbonyl (C=O) groups is 3. The summed E-state index contributed by atoms with van der Waals surface area (Å²) in [4.78, 5) is 42.5. The highest BCUT2D eigenvalue weighted by atomic mass is 35.5. The van der Waals surface area contributed by atoms with Crippen molar-refractivity contribution in [2.75, 3.05) is 35.3 Å². The monoisotopic (exact) mass is 564 g/mol. The van der Waals surface area contributed by atoms with Crippen molar-refractivity contribution >= 4 is 46.5 Å². The smallest absolute Gasteiger partial charge is 0.320 e. The van der Waals surface area contributed by atoms with Crippen LogP contribution in [0, 0.1) is 6.92 Å². The van der Waals surface area contributed by atoms with Crippen molar-refractivity contribution in [1.82, 2.24) is 5.32 Å². The van der Waals surface area contributed by atoms with Crippen molar-refractivity contribution in [1.29, 1.82) is 0 Å². The highest BCUT2D eigenvalue weighted by Crippen LogP contribution is 2.43. The minimum Gasteiger partial charge on any atom is -0.351 e. The zero-order valence-corrected chi connectivity index (χ0v) is 23.5.